The molecule has 1 fully saturated rings. The zero-order valence-corrected chi connectivity index (χ0v) is 15.3. The van der Waals surface area contributed by atoms with E-state index in [1.54, 1.807) is 4.90 Å². The molecule has 0 bridgehead atoms. The number of nitrogens with zero attached hydrogens (tertiary/aromatic N) is 1. The van der Waals surface area contributed by atoms with Crippen LogP contribution in [0.4, 0.5) is 0 Å². The summed E-state index contributed by atoms with van der Waals surface area (Å²) >= 11 is 11.7. The molecule has 1 N–H and O–H groups in total. The average molecular weight is 395 g/mol. The monoisotopic (exact) mass is 394 g/mol. The summed E-state index contributed by atoms with van der Waals surface area (Å²) in [7, 11) is 0. The maximum atomic E-state index is 12.3. The van der Waals surface area contributed by atoms with Crippen LogP contribution in [0.2, 0.25) is 10.0 Å². The zero-order valence-electron chi connectivity index (χ0n) is 13.8. The maximum absolute atomic E-state index is 12.3. The molecule has 1 aromatic heterocycles. The molecule has 1 amide bonds. The Labute approximate surface area is 160 Å². The van der Waals surface area contributed by atoms with Gasteiger partial charge in [-0.2, -0.15) is 0 Å². The number of carbonyl (C=O) groups is 3. The van der Waals surface area contributed by atoms with Crippen molar-refractivity contribution in [1.82, 2.24) is 9.88 Å². The summed E-state index contributed by atoms with van der Waals surface area (Å²) in [5, 5.41) is 0.546. The first-order valence-corrected chi connectivity index (χ1v) is 8.84. The molecule has 3 rings (SSSR count). The number of hydrogen-bond donors (Lipinski definition) is 1. The van der Waals surface area contributed by atoms with Gasteiger partial charge < -0.3 is 14.6 Å². The molecule has 1 aromatic carbocycles. The number of amides is 1. The summed E-state index contributed by atoms with van der Waals surface area (Å²) in [4.78, 5) is 41.0. The molecule has 1 aliphatic rings. The smallest absolute Gasteiger partial charge is 0.338 e. The Morgan fingerprint density at radius 3 is 2.46 bits per heavy atom. The SMILES string of the molecule is O=C(COC(=O)c1ccc(Cl)c(Cl)c1)c1c[nH]c(C(=O)N2CCCC2)c1. The largest absolute Gasteiger partial charge is 0.454 e. The van der Waals surface area contributed by atoms with Crippen LogP contribution in [0, 0.1) is 0 Å². The van der Waals surface area contributed by atoms with Gasteiger partial charge in [0.1, 0.15) is 5.69 Å². The summed E-state index contributed by atoms with van der Waals surface area (Å²) in [6, 6.07) is 5.80. The molecule has 0 spiro atoms. The fourth-order valence-electron chi connectivity index (χ4n) is 2.69. The number of carbonyl (C=O) groups excluding carboxylic acids is 3. The van der Waals surface area contributed by atoms with E-state index >= 15 is 0 Å². The van der Waals surface area contributed by atoms with Gasteiger partial charge in [0.15, 0.2) is 6.61 Å². The minimum Gasteiger partial charge on any atom is -0.454 e. The van der Waals surface area contributed by atoms with E-state index in [1.807, 2.05) is 0 Å². The zero-order chi connectivity index (χ0) is 18.7. The van der Waals surface area contributed by atoms with E-state index in [0.717, 1.165) is 25.9 Å². The predicted octanol–water partition coefficient (Wildman–Crippen LogP) is 3.60. The van der Waals surface area contributed by atoms with Gasteiger partial charge in [0.05, 0.1) is 15.6 Å². The van der Waals surface area contributed by atoms with Crippen molar-refractivity contribution in [3.8, 4) is 0 Å². The van der Waals surface area contributed by atoms with Crippen molar-refractivity contribution in [3.05, 3.63) is 57.3 Å². The lowest BCUT2D eigenvalue weighted by molar-refractivity contribution is 0.0474. The standard InChI is InChI=1S/C18H16Cl2N2O4/c19-13-4-3-11(7-14(13)20)18(25)26-10-16(23)12-8-15(21-9-12)17(24)22-5-1-2-6-22/h3-4,7-9,21H,1-2,5-6,10H2. The van der Waals surface area contributed by atoms with E-state index in [1.165, 1.54) is 30.5 Å². The maximum Gasteiger partial charge on any atom is 0.338 e. The Hall–Kier alpha value is -2.31. The highest BCUT2D eigenvalue weighted by Crippen LogP contribution is 2.23. The lowest BCUT2D eigenvalue weighted by Gasteiger charge is -2.13. The van der Waals surface area contributed by atoms with Crippen LogP contribution in [0.5, 0.6) is 0 Å². The van der Waals surface area contributed by atoms with Crippen LogP contribution in [0.25, 0.3) is 0 Å². The van der Waals surface area contributed by atoms with Crippen molar-refractivity contribution in [3.63, 3.8) is 0 Å². The quantitative estimate of drug-likeness (QED) is 0.620. The molecule has 1 saturated heterocycles. The van der Waals surface area contributed by atoms with Crippen LogP contribution in [0.3, 0.4) is 0 Å². The first-order chi connectivity index (χ1) is 12.5. The summed E-state index contributed by atoms with van der Waals surface area (Å²) < 4.78 is 5.01. The van der Waals surface area contributed by atoms with E-state index in [-0.39, 0.29) is 22.1 Å². The molecule has 2 heterocycles. The number of esters is 1. The molecule has 0 unspecified atom stereocenters. The second-order valence-electron chi connectivity index (χ2n) is 5.93. The number of likely N-dealkylation sites (tertiary alicyclic amines) is 1. The molecule has 136 valence electrons. The van der Waals surface area contributed by atoms with E-state index in [2.05, 4.69) is 4.98 Å². The normalized spacial score (nSPS) is 13.7. The number of H-pyrrole nitrogens is 1. The highest BCUT2D eigenvalue weighted by Gasteiger charge is 2.22. The predicted molar refractivity (Wildman–Crippen MR) is 97.0 cm³/mol. The van der Waals surface area contributed by atoms with Crippen molar-refractivity contribution in [2.24, 2.45) is 0 Å². The Morgan fingerprint density at radius 2 is 1.77 bits per heavy atom. The lowest BCUT2D eigenvalue weighted by atomic mass is 10.2. The van der Waals surface area contributed by atoms with Crippen LogP contribution in [0.15, 0.2) is 30.5 Å². The van der Waals surface area contributed by atoms with Gasteiger partial charge in [-0.3, -0.25) is 9.59 Å². The van der Waals surface area contributed by atoms with Crippen molar-refractivity contribution in [2.45, 2.75) is 12.8 Å². The van der Waals surface area contributed by atoms with Crippen LogP contribution in [0.1, 0.15) is 44.0 Å². The minimum atomic E-state index is -0.680. The number of ether oxygens (including phenoxy) is 1. The van der Waals surface area contributed by atoms with E-state index < -0.39 is 18.4 Å². The molecule has 0 saturated carbocycles. The minimum absolute atomic E-state index is 0.130. The molecule has 26 heavy (non-hydrogen) atoms. The van der Waals surface area contributed by atoms with Gasteiger partial charge in [0.25, 0.3) is 5.91 Å². The van der Waals surface area contributed by atoms with E-state index in [4.69, 9.17) is 27.9 Å². The second-order valence-corrected chi connectivity index (χ2v) is 6.74. The van der Waals surface area contributed by atoms with E-state index in [0.29, 0.717) is 10.7 Å². The summed E-state index contributed by atoms with van der Waals surface area (Å²) in [6.45, 7) is 1.01. The molecule has 8 heteroatoms. The fraction of sp³-hybridized carbons (Fsp3) is 0.278. The summed E-state index contributed by atoms with van der Waals surface area (Å²) in [5.74, 6) is -1.22. The van der Waals surface area contributed by atoms with Gasteiger partial charge in [-0.25, -0.2) is 4.79 Å². The van der Waals surface area contributed by atoms with Crippen LogP contribution in [-0.2, 0) is 4.74 Å². The molecule has 1 aliphatic heterocycles. The number of ketones is 1. The first kappa shape index (κ1) is 18.5. The Morgan fingerprint density at radius 1 is 1.04 bits per heavy atom. The topological polar surface area (TPSA) is 79.5 Å². The van der Waals surface area contributed by atoms with Crippen LogP contribution < -0.4 is 0 Å². The van der Waals surface area contributed by atoms with E-state index in [9.17, 15) is 14.4 Å². The number of halogens is 2. The Bertz CT molecular complexity index is 857. The van der Waals surface area contributed by atoms with Gasteiger partial charge in [-0.1, -0.05) is 23.2 Å². The molecule has 0 atom stereocenters. The summed E-state index contributed by atoms with van der Waals surface area (Å²) in [5.41, 5.74) is 0.840. The van der Waals surface area contributed by atoms with Crippen LogP contribution in [-0.4, -0.2) is 47.2 Å². The number of benzene rings is 1. The van der Waals surface area contributed by atoms with Gasteiger partial charge in [-0.15, -0.1) is 0 Å². The molecule has 0 aliphatic carbocycles. The Kier molecular flexibility index (Phi) is 5.64. The third-order valence-electron chi connectivity index (χ3n) is 4.12. The molecular formula is C18H16Cl2N2O4. The number of aromatic amines is 1. The van der Waals surface area contributed by atoms with Crippen molar-refractivity contribution in [1.29, 1.82) is 0 Å². The van der Waals surface area contributed by atoms with Gasteiger partial charge in [0.2, 0.25) is 5.78 Å². The van der Waals surface area contributed by atoms with Crippen molar-refractivity contribution in [2.75, 3.05) is 19.7 Å². The fourth-order valence-corrected chi connectivity index (χ4v) is 2.99. The van der Waals surface area contributed by atoms with Gasteiger partial charge in [-0.05, 0) is 37.1 Å². The van der Waals surface area contributed by atoms with Crippen LogP contribution >= 0.6 is 23.2 Å². The number of nitrogens with one attached hydrogen (secondary N) is 1. The molecule has 6 nitrogen and oxygen atoms in total. The summed E-state index contributed by atoms with van der Waals surface area (Å²) in [6.07, 6.45) is 3.42. The second kappa shape index (κ2) is 7.93. The van der Waals surface area contributed by atoms with Crippen molar-refractivity contribution < 1.29 is 19.1 Å². The first-order valence-electron chi connectivity index (χ1n) is 8.09. The number of rotatable bonds is 5. The molecule has 0 radical (unpaired) electrons. The number of Topliss-reactive ketones (excluding diaryl/α,β-unsaturated/α-hetero) is 1. The highest BCUT2D eigenvalue weighted by atomic mass is 35.5. The van der Waals surface area contributed by atoms with Crippen molar-refractivity contribution >= 4 is 40.9 Å². The average Bonchev–Trinajstić information content (AvgIpc) is 3.33. The molecule has 2 aromatic rings. The number of hydrogen-bond acceptors (Lipinski definition) is 4. The molecular weight excluding hydrogens is 379 g/mol. The number of aromatic nitrogens is 1. The lowest BCUT2D eigenvalue weighted by Crippen LogP contribution is -2.27. The van der Waals surface area contributed by atoms with Gasteiger partial charge in [0, 0.05) is 24.8 Å². The third-order valence-corrected chi connectivity index (χ3v) is 4.86. The third kappa shape index (κ3) is 4.08. The highest BCUT2D eigenvalue weighted by molar-refractivity contribution is 6.42. The van der Waals surface area contributed by atoms with Gasteiger partial charge >= 0.3 is 5.97 Å². The Balaban J connectivity index is 1.59.